The van der Waals surface area contributed by atoms with Crippen LogP contribution in [0.1, 0.15) is 54.1 Å². The highest BCUT2D eigenvalue weighted by molar-refractivity contribution is 6.04. The molecule has 2 aliphatic rings. The molecule has 1 aliphatic heterocycles. The van der Waals surface area contributed by atoms with E-state index in [9.17, 15) is 18.0 Å². The maximum Gasteiger partial charge on any atom is 0.416 e. The number of nitrogens with one attached hydrogen (secondary N) is 1. The Hall–Kier alpha value is -1.86. The topological polar surface area (TPSA) is 32.3 Å². The Kier molecular flexibility index (Phi) is 4.20. The lowest BCUT2D eigenvalue weighted by Gasteiger charge is -2.39. The quantitative estimate of drug-likeness (QED) is 0.604. The number of hydrogen-bond acceptors (Lipinski definition) is 2. The third-order valence-electron chi connectivity index (χ3n) is 5.19. The van der Waals surface area contributed by atoms with E-state index in [1.165, 1.54) is 7.05 Å². The lowest BCUT2D eigenvalue weighted by atomic mass is 9.85. The fourth-order valence-electron chi connectivity index (χ4n) is 3.89. The van der Waals surface area contributed by atoms with Crippen molar-refractivity contribution < 1.29 is 26.7 Å². The molecule has 3 nitrogen and oxygen atoms in total. The van der Waals surface area contributed by atoms with E-state index in [1.54, 1.807) is 6.92 Å². The minimum atomic E-state index is -4.77. The molecule has 3 rings (SSSR count). The summed E-state index contributed by atoms with van der Waals surface area (Å²) in [4.78, 5) is 13.2. The van der Waals surface area contributed by atoms with Gasteiger partial charge in [0, 0.05) is 18.8 Å². The molecule has 0 spiro atoms. The van der Waals surface area contributed by atoms with Gasteiger partial charge in [0.15, 0.2) is 0 Å². The fraction of sp³-hybridized carbons (Fsp3) is 0.588. The van der Waals surface area contributed by atoms with Crippen LogP contribution in [-0.2, 0) is 12.2 Å². The minimum absolute atomic E-state index is 0.127. The van der Waals surface area contributed by atoms with Gasteiger partial charge in [-0.2, -0.15) is 22.0 Å². The number of benzene rings is 1. The lowest BCUT2D eigenvalue weighted by Crippen LogP contribution is -2.49. The molecule has 138 valence electrons. The first-order valence-corrected chi connectivity index (χ1v) is 8.24. The minimum Gasteiger partial charge on any atom is -0.387 e. The molecule has 0 unspecified atom stereocenters. The highest BCUT2D eigenvalue weighted by Crippen LogP contribution is 2.50. The zero-order valence-corrected chi connectivity index (χ0v) is 13.9. The van der Waals surface area contributed by atoms with Gasteiger partial charge in [-0.25, -0.2) is 0 Å². The summed E-state index contributed by atoms with van der Waals surface area (Å²) in [5, 5.41) is 2.46. The number of rotatable bonds is 2. The molecule has 8 heteroatoms. The summed E-state index contributed by atoms with van der Waals surface area (Å²) < 4.78 is 69.2. The zero-order valence-electron chi connectivity index (χ0n) is 13.9. The van der Waals surface area contributed by atoms with E-state index in [0.717, 1.165) is 12.8 Å². The highest BCUT2D eigenvalue weighted by atomic mass is 19.4. The van der Waals surface area contributed by atoms with E-state index >= 15 is 8.78 Å². The van der Waals surface area contributed by atoms with Crippen molar-refractivity contribution in [3.05, 3.63) is 28.8 Å². The van der Waals surface area contributed by atoms with Crippen LogP contribution in [-0.4, -0.2) is 23.9 Å². The number of amides is 1. The fourth-order valence-corrected chi connectivity index (χ4v) is 3.89. The second-order valence-corrected chi connectivity index (χ2v) is 6.74. The molecule has 1 saturated carbocycles. The summed E-state index contributed by atoms with van der Waals surface area (Å²) in [7, 11) is 1.31. The van der Waals surface area contributed by atoms with Crippen LogP contribution in [0.15, 0.2) is 12.1 Å². The monoisotopic (exact) mass is 362 g/mol. The van der Waals surface area contributed by atoms with Crippen LogP contribution in [0.25, 0.3) is 0 Å². The first kappa shape index (κ1) is 17.9. The Morgan fingerprint density at radius 3 is 2.40 bits per heavy atom. The normalized spacial score (nSPS) is 25.9. The Labute approximate surface area is 142 Å². The van der Waals surface area contributed by atoms with Crippen LogP contribution in [0, 0.1) is 5.92 Å². The number of hydrogen-bond donors (Lipinski definition) is 1. The molecular weight excluding hydrogens is 343 g/mol. The van der Waals surface area contributed by atoms with Crippen molar-refractivity contribution in [3.8, 4) is 0 Å². The van der Waals surface area contributed by atoms with E-state index in [-0.39, 0.29) is 17.2 Å². The second-order valence-electron chi connectivity index (χ2n) is 6.74. The van der Waals surface area contributed by atoms with E-state index in [0.29, 0.717) is 29.9 Å². The molecule has 0 aromatic heterocycles. The smallest absolute Gasteiger partial charge is 0.387 e. The summed E-state index contributed by atoms with van der Waals surface area (Å²) >= 11 is 0. The van der Waals surface area contributed by atoms with E-state index in [2.05, 4.69) is 5.32 Å². The van der Waals surface area contributed by atoms with Gasteiger partial charge in [-0.3, -0.25) is 9.69 Å². The van der Waals surface area contributed by atoms with Crippen LogP contribution in [0.5, 0.6) is 0 Å². The van der Waals surface area contributed by atoms with Crippen molar-refractivity contribution in [2.75, 3.05) is 12.4 Å². The number of anilines is 1. The highest BCUT2D eigenvalue weighted by Gasteiger charge is 2.56. The Balaban J connectivity index is 2.14. The molecule has 1 heterocycles. The van der Waals surface area contributed by atoms with E-state index in [4.69, 9.17) is 0 Å². The van der Waals surface area contributed by atoms with E-state index in [1.807, 2.05) is 0 Å². The average molecular weight is 362 g/mol. The molecule has 0 radical (unpaired) electrons. The summed E-state index contributed by atoms with van der Waals surface area (Å²) in [5.41, 5.74) is -2.64. The molecule has 1 N–H and O–H groups in total. The number of nitrogens with zero attached hydrogens (tertiary/aromatic N) is 1. The Morgan fingerprint density at radius 1 is 1.20 bits per heavy atom. The van der Waals surface area contributed by atoms with Gasteiger partial charge in [0.1, 0.15) is 0 Å². The van der Waals surface area contributed by atoms with Gasteiger partial charge in [-0.05, 0) is 30.9 Å². The SMILES string of the molecule is CNc1cc(C(F)(F)F)cc2c1C(=O)N([C@H]1CCCC[C@H]1C)C2(F)F. The average Bonchev–Trinajstić information content (AvgIpc) is 2.73. The van der Waals surface area contributed by atoms with Crippen LogP contribution in [0.4, 0.5) is 27.6 Å². The van der Waals surface area contributed by atoms with E-state index < -0.39 is 35.3 Å². The zero-order chi connectivity index (χ0) is 18.6. The number of carbonyl (C=O) groups excluding carboxylic acids is 1. The molecular formula is C17H19F5N2O. The summed E-state index contributed by atoms with van der Waals surface area (Å²) in [6.07, 6.45) is -2.01. The van der Waals surface area contributed by atoms with Crippen molar-refractivity contribution >= 4 is 11.6 Å². The predicted octanol–water partition coefficient (Wildman–Crippen LogP) is 4.83. The number of alkyl halides is 5. The Bertz CT molecular complexity index is 701. The first-order valence-electron chi connectivity index (χ1n) is 8.24. The van der Waals surface area contributed by atoms with Crippen molar-refractivity contribution in [2.45, 2.75) is 50.9 Å². The molecule has 1 amide bonds. The number of fused-ring (bicyclic) bond motifs is 1. The number of carbonyl (C=O) groups is 1. The van der Waals surface area contributed by atoms with Gasteiger partial charge < -0.3 is 5.32 Å². The van der Waals surface area contributed by atoms with Crippen molar-refractivity contribution in [1.29, 1.82) is 0 Å². The van der Waals surface area contributed by atoms with Crippen molar-refractivity contribution in [2.24, 2.45) is 5.92 Å². The van der Waals surface area contributed by atoms with Crippen LogP contribution in [0.2, 0.25) is 0 Å². The predicted molar refractivity (Wildman–Crippen MR) is 82.5 cm³/mol. The van der Waals surface area contributed by atoms with Gasteiger partial charge >= 0.3 is 12.2 Å². The molecule has 1 aliphatic carbocycles. The van der Waals surface area contributed by atoms with Gasteiger partial charge in [0.05, 0.1) is 16.7 Å². The standard InChI is InChI=1S/C17H19F5N2O/c1-9-5-3-4-6-13(9)24-15(25)14-11(17(24,21)22)7-10(16(18,19)20)8-12(14)23-2/h7-9,13,23H,3-6H2,1-2H3/t9-,13+/m1/s1. The van der Waals surface area contributed by atoms with Crippen LogP contribution in [0.3, 0.4) is 0 Å². The summed E-state index contributed by atoms with van der Waals surface area (Å²) in [5.74, 6) is -1.03. The molecule has 25 heavy (non-hydrogen) atoms. The molecule has 1 aromatic carbocycles. The first-order chi connectivity index (χ1) is 11.6. The Morgan fingerprint density at radius 2 is 1.84 bits per heavy atom. The maximum atomic E-state index is 15.0. The van der Waals surface area contributed by atoms with Gasteiger partial charge in [-0.15, -0.1) is 0 Å². The molecule has 1 aromatic rings. The largest absolute Gasteiger partial charge is 0.416 e. The van der Waals surface area contributed by atoms with Crippen molar-refractivity contribution in [1.82, 2.24) is 4.90 Å². The van der Waals surface area contributed by atoms with Gasteiger partial charge in [0.25, 0.3) is 5.91 Å². The lowest BCUT2D eigenvalue weighted by molar-refractivity contribution is -0.151. The number of halogens is 5. The van der Waals surface area contributed by atoms with Crippen LogP contribution >= 0.6 is 0 Å². The van der Waals surface area contributed by atoms with Gasteiger partial charge in [-0.1, -0.05) is 19.8 Å². The molecule has 1 fully saturated rings. The maximum absolute atomic E-state index is 15.0. The molecule has 0 saturated heterocycles. The second kappa shape index (κ2) is 5.85. The third kappa shape index (κ3) is 2.75. The summed E-state index contributed by atoms with van der Waals surface area (Å²) in [6, 6.07) is -3.32. The third-order valence-corrected chi connectivity index (χ3v) is 5.19. The van der Waals surface area contributed by atoms with Crippen LogP contribution < -0.4 is 5.32 Å². The van der Waals surface area contributed by atoms with Crippen molar-refractivity contribution in [3.63, 3.8) is 0 Å². The summed E-state index contributed by atoms with van der Waals surface area (Å²) in [6.45, 7) is 1.80. The van der Waals surface area contributed by atoms with Gasteiger partial charge in [0.2, 0.25) is 0 Å². The molecule has 2 atom stereocenters. The molecule has 0 bridgehead atoms.